The van der Waals surface area contributed by atoms with E-state index in [9.17, 15) is 13.2 Å². The summed E-state index contributed by atoms with van der Waals surface area (Å²) in [6, 6.07) is 10.3. The van der Waals surface area contributed by atoms with Crippen molar-refractivity contribution in [1.82, 2.24) is 0 Å². The third-order valence-electron chi connectivity index (χ3n) is 3.42. The Hall–Kier alpha value is -1.76. The molecule has 2 rings (SSSR count). The molecule has 25 heavy (non-hydrogen) atoms. The van der Waals surface area contributed by atoms with Crippen LogP contribution in [-0.2, 0) is 14.8 Å². The summed E-state index contributed by atoms with van der Waals surface area (Å²) in [5.41, 5.74) is 0.440. The van der Waals surface area contributed by atoms with Crippen LogP contribution in [0.5, 0.6) is 0 Å². The van der Waals surface area contributed by atoms with Crippen LogP contribution in [0.4, 0.5) is 5.69 Å². The average Bonchev–Trinajstić information content (AvgIpc) is 2.57. The molecule has 0 N–H and O–H groups in total. The molecule has 0 aliphatic heterocycles. The first-order valence-electron chi connectivity index (χ1n) is 7.56. The minimum Gasteiger partial charge on any atom is -0.462 e. The maximum Gasteiger partial charge on any atom is 0.339 e. The van der Waals surface area contributed by atoms with Crippen LogP contribution < -0.4 is 4.31 Å². The van der Waals surface area contributed by atoms with E-state index in [-0.39, 0.29) is 28.6 Å². The van der Waals surface area contributed by atoms with Crippen molar-refractivity contribution in [3.63, 3.8) is 0 Å². The van der Waals surface area contributed by atoms with Gasteiger partial charge in [0, 0.05) is 11.6 Å². The van der Waals surface area contributed by atoms with E-state index < -0.39 is 16.0 Å². The molecule has 0 spiro atoms. The molecule has 0 amide bonds. The van der Waals surface area contributed by atoms with Gasteiger partial charge in [-0.3, -0.25) is 4.31 Å². The van der Waals surface area contributed by atoms with E-state index in [0.717, 1.165) is 0 Å². The van der Waals surface area contributed by atoms with Crippen molar-refractivity contribution in [2.75, 3.05) is 17.5 Å². The Morgan fingerprint density at radius 2 is 1.72 bits per heavy atom. The van der Waals surface area contributed by atoms with Crippen LogP contribution in [0, 0.1) is 0 Å². The number of hydrogen-bond acceptors (Lipinski definition) is 4. The maximum atomic E-state index is 12.9. The third kappa shape index (κ3) is 4.26. The number of carbonyl (C=O) groups excluding carboxylic acids is 1. The lowest BCUT2D eigenvalue weighted by molar-refractivity contribution is 0.0526. The number of hydrogen-bond donors (Lipinski definition) is 0. The van der Waals surface area contributed by atoms with Gasteiger partial charge < -0.3 is 4.74 Å². The van der Waals surface area contributed by atoms with Gasteiger partial charge in [0.25, 0.3) is 10.0 Å². The van der Waals surface area contributed by atoms with E-state index in [1.165, 1.54) is 40.7 Å². The molecule has 0 heterocycles. The summed E-state index contributed by atoms with van der Waals surface area (Å²) in [5.74, 6) is -0.603. The summed E-state index contributed by atoms with van der Waals surface area (Å²) in [6.45, 7) is 3.75. The Bertz CT molecular complexity index is 867. The molecule has 0 saturated heterocycles. The fourth-order valence-electron chi connectivity index (χ4n) is 2.26. The summed E-state index contributed by atoms with van der Waals surface area (Å²) < 4.78 is 31.9. The zero-order valence-corrected chi connectivity index (χ0v) is 16.0. The van der Waals surface area contributed by atoms with Crippen molar-refractivity contribution in [2.45, 2.75) is 18.7 Å². The predicted octanol–water partition coefficient (Wildman–Crippen LogP) is 4.39. The number of sulfonamides is 1. The van der Waals surface area contributed by atoms with Crippen LogP contribution in [0.25, 0.3) is 0 Å². The van der Waals surface area contributed by atoms with Gasteiger partial charge in [-0.15, -0.1) is 0 Å². The predicted molar refractivity (Wildman–Crippen MR) is 99.1 cm³/mol. The summed E-state index contributed by atoms with van der Waals surface area (Å²) in [5, 5.41) is 0.639. The fourth-order valence-corrected chi connectivity index (χ4v) is 4.04. The van der Waals surface area contributed by atoms with E-state index in [0.29, 0.717) is 10.7 Å². The molecular weight excluding hydrogens is 385 g/mol. The summed E-state index contributed by atoms with van der Waals surface area (Å²) >= 11 is 11.9. The van der Waals surface area contributed by atoms with E-state index in [1.54, 1.807) is 19.9 Å². The molecular formula is C17H17Cl2NO4S. The Morgan fingerprint density at radius 3 is 2.28 bits per heavy atom. The smallest absolute Gasteiger partial charge is 0.339 e. The van der Waals surface area contributed by atoms with Crippen LogP contribution in [-0.4, -0.2) is 27.5 Å². The largest absolute Gasteiger partial charge is 0.462 e. The molecule has 2 aromatic rings. The van der Waals surface area contributed by atoms with Crippen molar-refractivity contribution in [3.05, 3.63) is 58.1 Å². The number of carbonyl (C=O) groups is 1. The second-order valence-electron chi connectivity index (χ2n) is 5.01. The van der Waals surface area contributed by atoms with Crippen molar-refractivity contribution >= 4 is 44.9 Å². The molecule has 5 nitrogen and oxygen atoms in total. The first-order valence-corrected chi connectivity index (χ1v) is 9.75. The van der Waals surface area contributed by atoms with Crippen molar-refractivity contribution < 1.29 is 17.9 Å². The minimum absolute atomic E-state index is 0.103. The highest BCUT2D eigenvalue weighted by atomic mass is 35.5. The second kappa shape index (κ2) is 8.08. The van der Waals surface area contributed by atoms with Crippen molar-refractivity contribution in [2.24, 2.45) is 0 Å². The topological polar surface area (TPSA) is 63.7 Å². The lowest BCUT2D eigenvalue weighted by Crippen LogP contribution is -2.31. The molecule has 0 saturated carbocycles. The van der Waals surface area contributed by atoms with Crippen LogP contribution in [0.2, 0.25) is 10.0 Å². The lowest BCUT2D eigenvalue weighted by Gasteiger charge is -2.23. The zero-order valence-electron chi connectivity index (χ0n) is 13.7. The van der Waals surface area contributed by atoms with Crippen LogP contribution in [0.15, 0.2) is 47.4 Å². The van der Waals surface area contributed by atoms with E-state index >= 15 is 0 Å². The van der Waals surface area contributed by atoms with Gasteiger partial charge in [0.2, 0.25) is 0 Å². The Labute approximate surface area is 157 Å². The lowest BCUT2D eigenvalue weighted by atomic mass is 10.2. The van der Waals surface area contributed by atoms with Gasteiger partial charge in [-0.05, 0) is 56.3 Å². The Kier molecular flexibility index (Phi) is 6.32. The van der Waals surface area contributed by atoms with Gasteiger partial charge in [0.05, 0.1) is 27.8 Å². The number of ether oxygens (including phenoxy) is 1. The molecule has 0 bridgehead atoms. The van der Waals surface area contributed by atoms with Crippen LogP contribution in [0.1, 0.15) is 24.2 Å². The molecule has 0 aromatic heterocycles. The standard InChI is InChI=1S/C17H17Cl2NO4S/c1-3-20(25(22,23)14-8-5-12(18)6-9-14)13-7-10-16(19)15(11-13)17(21)24-4-2/h5-11H,3-4H2,1-2H3. The van der Waals surface area contributed by atoms with Gasteiger partial charge in [-0.2, -0.15) is 0 Å². The number of rotatable bonds is 6. The highest BCUT2D eigenvalue weighted by molar-refractivity contribution is 7.92. The van der Waals surface area contributed by atoms with Gasteiger partial charge in [0.1, 0.15) is 0 Å². The van der Waals surface area contributed by atoms with E-state index in [1.807, 2.05) is 0 Å². The van der Waals surface area contributed by atoms with Crippen LogP contribution >= 0.6 is 23.2 Å². The van der Waals surface area contributed by atoms with Gasteiger partial charge in [-0.25, -0.2) is 13.2 Å². The van der Waals surface area contributed by atoms with Crippen molar-refractivity contribution in [1.29, 1.82) is 0 Å². The second-order valence-corrected chi connectivity index (χ2v) is 7.71. The molecule has 0 aliphatic rings. The Balaban J connectivity index is 2.48. The first-order chi connectivity index (χ1) is 11.8. The number of benzene rings is 2. The first kappa shape index (κ1) is 19.6. The van der Waals surface area contributed by atoms with Crippen LogP contribution in [0.3, 0.4) is 0 Å². The molecule has 0 fully saturated rings. The molecule has 0 aliphatic carbocycles. The SMILES string of the molecule is CCOC(=O)c1cc(N(CC)S(=O)(=O)c2ccc(Cl)cc2)ccc1Cl. The number of esters is 1. The monoisotopic (exact) mass is 401 g/mol. The molecule has 134 valence electrons. The third-order valence-corrected chi connectivity index (χ3v) is 5.92. The number of nitrogens with zero attached hydrogens (tertiary/aromatic N) is 1. The fraction of sp³-hybridized carbons (Fsp3) is 0.235. The summed E-state index contributed by atoms with van der Waals surface area (Å²) in [4.78, 5) is 12.1. The maximum absolute atomic E-state index is 12.9. The quantitative estimate of drug-likeness (QED) is 0.673. The number of anilines is 1. The molecule has 2 aromatic carbocycles. The minimum atomic E-state index is -3.81. The Morgan fingerprint density at radius 1 is 1.08 bits per heavy atom. The zero-order chi connectivity index (χ0) is 18.6. The van der Waals surface area contributed by atoms with Crippen molar-refractivity contribution in [3.8, 4) is 0 Å². The highest BCUT2D eigenvalue weighted by Crippen LogP contribution is 2.28. The molecule has 0 radical (unpaired) electrons. The normalized spacial score (nSPS) is 11.2. The molecule has 8 heteroatoms. The average molecular weight is 402 g/mol. The van der Waals surface area contributed by atoms with Gasteiger partial charge >= 0.3 is 5.97 Å². The summed E-state index contributed by atoms with van der Waals surface area (Å²) in [7, 11) is -3.81. The van der Waals surface area contributed by atoms with E-state index in [2.05, 4.69) is 0 Å². The van der Waals surface area contributed by atoms with Gasteiger partial charge in [0.15, 0.2) is 0 Å². The molecule has 0 unspecified atom stereocenters. The van der Waals surface area contributed by atoms with E-state index in [4.69, 9.17) is 27.9 Å². The summed E-state index contributed by atoms with van der Waals surface area (Å²) in [6.07, 6.45) is 0. The van der Waals surface area contributed by atoms with Gasteiger partial charge in [-0.1, -0.05) is 23.2 Å². The molecule has 0 atom stereocenters. The number of halogens is 2. The highest BCUT2D eigenvalue weighted by Gasteiger charge is 2.25.